The zero-order chi connectivity index (χ0) is 39.7. The van der Waals surface area contributed by atoms with Crippen molar-refractivity contribution in [1.82, 2.24) is 20.5 Å². The molecule has 6 N–H and O–H groups in total. The maximum absolute atomic E-state index is 12.5. The summed E-state index contributed by atoms with van der Waals surface area (Å²) in [5.41, 5.74) is 3.90. The van der Waals surface area contributed by atoms with Gasteiger partial charge in [0.15, 0.2) is 0 Å². The second-order valence-electron chi connectivity index (χ2n) is 13.7. The number of esters is 1. The van der Waals surface area contributed by atoms with Crippen molar-refractivity contribution in [2.24, 2.45) is 5.92 Å². The maximum atomic E-state index is 12.5. The number of pyridine rings is 1. The first kappa shape index (κ1) is 41.6. The molecule has 3 heterocycles. The summed E-state index contributed by atoms with van der Waals surface area (Å²) in [4.78, 5) is 40.5. The first-order valence-corrected chi connectivity index (χ1v) is 19.0. The Morgan fingerprint density at radius 3 is 2.36 bits per heavy atom. The molecular weight excluding hydrogens is 713 g/mol. The summed E-state index contributed by atoms with van der Waals surface area (Å²) in [5.74, 6) is 1.30. The van der Waals surface area contributed by atoms with Gasteiger partial charge in [0.1, 0.15) is 11.5 Å². The zero-order valence-electron chi connectivity index (χ0n) is 31.7. The van der Waals surface area contributed by atoms with Crippen molar-refractivity contribution < 1.29 is 34.4 Å². The van der Waals surface area contributed by atoms with Gasteiger partial charge in [0, 0.05) is 38.1 Å². The number of hydrogen-bond acceptors (Lipinski definition) is 10. The van der Waals surface area contributed by atoms with E-state index in [1.165, 1.54) is 44.6 Å². The van der Waals surface area contributed by atoms with Gasteiger partial charge in [-0.25, -0.2) is 4.79 Å². The number of amides is 1. The van der Waals surface area contributed by atoms with Gasteiger partial charge < -0.3 is 45.3 Å². The number of rotatable bonds is 16. The molecule has 1 amide bonds. The van der Waals surface area contributed by atoms with Gasteiger partial charge in [-0.1, -0.05) is 60.7 Å². The van der Waals surface area contributed by atoms with E-state index in [1.807, 2.05) is 66.7 Å². The second kappa shape index (κ2) is 21.5. The van der Waals surface area contributed by atoms with E-state index in [0.717, 1.165) is 29.7 Å². The average molecular weight is 765 g/mol. The van der Waals surface area contributed by atoms with Crippen molar-refractivity contribution in [2.45, 2.75) is 37.8 Å². The van der Waals surface area contributed by atoms with Crippen molar-refractivity contribution in [3.05, 3.63) is 141 Å². The molecule has 2 aliphatic rings. The minimum atomic E-state index is -0.838. The number of aliphatic hydroxyl groups is 2. The Labute approximate surface area is 327 Å². The fourth-order valence-corrected chi connectivity index (χ4v) is 7.03. The summed E-state index contributed by atoms with van der Waals surface area (Å²) >= 11 is 0. The second-order valence-corrected chi connectivity index (χ2v) is 13.7. The highest BCUT2D eigenvalue weighted by Gasteiger charge is 2.28. The monoisotopic (exact) mass is 764 g/mol. The standard InChI is InChI=1S/C37H37N3O7.C6H11N.CH4O/c41-24-39-35(26-6-2-1-3-7-26)28-8-4-9-29(22-28)46-20-5-21-47-37(45)27-12-10-25(11-13-27)18-19-38-23-33(43)30-14-16-32(42)36-31(30)15-17-34(44)40-36;1-3-7-4-2-6(1)5-7;1-2/h1-4,6-17,22,24,33,35,38,42-43H,5,18-21,23H2,(H,39,41)(H,40,44);6H,1-5H2;2H,1H3. The number of phenols is 1. The summed E-state index contributed by atoms with van der Waals surface area (Å²) in [6.45, 7) is 5.64. The number of H-pyrrole nitrogens is 1. The molecule has 0 saturated carbocycles. The number of nitrogens with zero attached hydrogens (tertiary/aromatic N) is 1. The molecule has 12 heteroatoms. The van der Waals surface area contributed by atoms with Crippen LogP contribution in [0.4, 0.5) is 0 Å². The molecule has 296 valence electrons. The molecule has 5 aromatic rings. The summed E-state index contributed by atoms with van der Waals surface area (Å²) in [5, 5.41) is 34.4. The number of carbonyl (C=O) groups is 2. The fraction of sp³-hybridized carbons (Fsp3) is 0.341. The maximum Gasteiger partial charge on any atom is 0.338 e. The number of phenolic OH excluding ortho intramolecular Hbond substituents is 1. The summed E-state index contributed by atoms with van der Waals surface area (Å²) in [7, 11) is 1.00. The number of piperidine rings is 1. The normalized spacial score (nSPS) is 16.4. The third-order valence-corrected chi connectivity index (χ3v) is 9.96. The molecule has 0 radical (unpaired) electrons. The Balaban J connectivity index is 0.000000585. The van der Waals surface area contributed by atoms with Crippen LogP contribution in [0.1, 0.15) is 64.0 Å². The molecule has 1 aromatic heterocycles. The van der Waals surface area contributed by atoms with Crippen molar-refractivity contribution in [2.75, 3.05) is 53.0 Å². The van der Waals surface area contributed by atoms with E-state index in [0.29, 0.717) is 60.2 Å². The van der Waals surface area contributed by atoms with Gasteiger partial charge >= 0.3 is 5.97 Å². The Bertz CT molecular complexity index is 2020. The molecule has 2 fully saturated rings. The van der Waals surface area contributed by atoms with Gasteiger partial charge in [-0.05, 0) is 103 Å². The lowest BCUT2D eigenvalue weighted by atomic mass is 9.99. The molecule has 2 aliphatic heterocycles. The number of aliphatic hydroxyl groups excluding tert-OH is 2. The topological polar surface area (TPSA) is 173 Å². The van der Waals surface area contributed by atoms with Crippen LogP contribution in [-0.2, 0) is 16.0 Å². The van der Waals surface area contributed by atoms with Crippen molar-refractivity contribution in [3.63, 3.8) is 0 Å². The fourth-order valence-electron chi connectivity index (χ4n) is 7.03. The number of fused-ring (bicyclic) bond motifs is 3. The van der Waals surface area contributed by atoms with Crippen molar-refractivity contribution >= 4 is 23.3 Å². The highest BCUT2D eigenvalue weighted by molar-refractivity contribution is 5.89. The van der Waals surface area contributed by atoms with Crippen LogP contribution < -0.4 is 20.9 Å². The molecule has 0 spiro atoms. The molecule has 2 bridgehead atoms. The first-order valence-electron chi connectivity index (χ1n) is 19.0. The lowest BCUT2D eigenvalue weighted by Gasteiger charge is -2.18. The van der Waals surface area contributed by atoms with Crippen molar-refractivity contribution in [1.29, 1.82) is 0 Å². The number of aromatic hydroxyl groups is 1. The zero-order valence-corrected chi connectivity index (χ0v) is 31.7. The van der Waals surface area contributed by atoms with Crippen LogP contribution in [0, 0.1) is 5.92 Å². The Kier molecular flexibility index (Phi) is 16.0. The van der Waals surface area contributed by atoms with Crippen LogP contribution in [0.3, 0.4) is 0 Å². The molecule has 2 atom stereocenters. The van der Waals surface area contributed by atoms with Gasteiger partial charge in [0.2, 0.25) is 12.0 Å². The third kappa shape index (κ3) is 11.7. The van der Waals surface area contributed by atoms with E-state index in [9.17, 15) is 24.6 Å². The van der Waals surface area contributed by atoms with Crippen molar-refractivity contribution in [3.8, 4) is 11.5 Å². The molecule has 2 unspecified atom stereocenters. The lowest BCUT2D eigenvalue weighted by Crippen LogP contribution is -2.24. The summed E-state index contributed by atoms with van der Waals surface area (Å²) in [6, 6.07) is 30.2. The quantitative estimate of drug-likeness (QED) is 0.0462. The van der Waals surface area contributed by atoms with E-state index in [2.05, 4.69) is 20.5 Å². The number of nitrogens with one attached hydrogen (secondary N) is 3. The molecule has 0 aliphatic carbocycles. The number of hydrogen-bond donors (Lipinski definition) is 6. The minimum absolute atomic E-state index is 0.0518. The predicted octanol–water partition coefficient (Wildman–Crippen LogP) is 4.88. The van der Waals surface area contributed by atoms with E-state index < -0.39 is 12.1 Å². The van der Waals surface area contributed by atoms with Gasteiger partial charge in [0.25, 0.3) is 0 Å². The first-order chi connectivity index (χ1) is 27.4. The number of benzene rings is 4. The number of aromatic nitrogens is 1. The molecule has 12 nitrogen and oxygen atoms in total. The Hall–Kier alpha value is -5.53. The molecule has 56 heavy (non-hydrogen) atoms. The summed E-state index contributed by atoms with van der Waals surface area (Å²) < 4.78 is 11.3. The van der Waals surface area contributed by atoms with Gasteiger partial charge in [0.05, 0.1) is 36.4 Å². The molecule has 7 rings (SSSR count). The highest BCUT2D eigenvalue weighted by Crippen LogP contribution is 2.29. The molecule has 2 saturated heterocycles. The minimum Gasteiger partial charge on any atom is -0.506 e. The van der Waals surface area contributed by atoms with Crippen LogP contribution >= 0.6 is 0 Å². The number of carbonyl (C=O) groups excluding carboxylic acids is 2. The van der Waals surface area contributed by atoms with E-state index in [1.54, 1.807) is 24.3 Å². The molecular formula is C44H52N4O8. The van der Waals surface area contributed by atoms with Crippen LogP contribution in [0.2, 0.25) is 0 Å². The number of ether oxygens (including phenoxy) is 2. The SMILES string of the molecule is C1CN2CCC1C2.CO.O=CNC(c1ccccc1)c1cccc(OCCCOC(=O)c2ccc(CCNCC(O)c3ccc(O)c4[nH]c(=O)ccc34)cc2)c1. The highest BCUT2D eigenvalue weighted by atomic mass is 16.5. The number of aromatic amines is 1. The van der Waals surface area contributed by atoms with Gasteiger partial charge in [-0.3, -0.25) is 9.59 Å². The lowest BCUT2D eigenvalue weighted by molar-refractivity contribution is -0.110. The largest absolute Gasteiger partial charge is 0.506 e. The van der Waals surface area contributed by atoms with Crippen LogP contribution in [0.15, 0.2) is 108 Å². The Morgan fingerprint density at radius 1 is 0.929 bits per heavy atom. The predicted molar refractivity (Wildman–Crippen MR) is 216 cm³/mol. The van der Waals surface area contributed by atoms with Crippen LogP contribution in [-0.4, -0.2) is 90.6 Å². The van der Waals surface area contributed by atoms with E-state index >= 15 is 0 Å². The molecule has 4 aromatic carbocycles. The average Bonchev–Trinajstić information content (AvgIpc) is 3.90. The van der Waals surface area contributed by atoms with E-state index in [4.69, 9.17) is 14.6 Å². The Morgan fingerprint density at radius 2 is 1.68 bits per heavy atom. The van der Waals surface area contributed by atoms with E-state index in [-0.39, 0.29) is 30.5 Å². The van der Waals surface area contributed by atoms with Crippen LogP contribution in [0.25, 0.3) is 10.9 Å². The summed E-state index contributed by atoms with van der Waals surface area (Å²) in [6.07, 6.45) is 4.02. The van der Waals surface area contributed by atoms with Gasteiger partial charge in [-0.15, -0.1) is 0 Å². The van der Waals surface area contributed by atoms with Gasteiger partial charge in [-0.2, -0.15) is 0 Å². The van der Waals surface area contributed by atoms with Crippen LogP contribution in [0.5, 0.6) is 11.5 Å². The smallest absolute Gasteiger partial charge is 0.338 e. The third-order valence-electron chi connectivity index (χ3n) is 9.96.